The van der Waals surface area contributed by atoms with E-state index in [0.29, 0.717) is 5.89 Å². The maximum absolute atomic E-state index is 10.5. The molecule has 1 N–H and O–H groups in total. The fourth-order valence-electron chi connectivity index (χ4n) is 4.23. The van der Waals surface area contributed by atoms with E-state index >= 15 is 0 Å². The van der Waals surface area contributed by atoms with Gasteiger partial charge in [-0.2, -0.15) is 0 Å². The number of fused-ring (bicyclic) bond motifs is 6. The highest BCUT2D eigenvalue weighted by atomic mass is 32.1. The molecule has 0 bridgehead atoms. The molecular formula is C29H25BNO3S. The summed E-state index contributed by atoms with van der Waals surface area (Å²) in [5, 5.41) is 15.0. The summed E-state index contributed by atoms with van der Waals surface area (Å²) in [5.41, 5.74) is 1.91. The summed E-state index contributed by atoms with van der Waals surface area (Å²) in [4.78, 5) is 4.93. The quantitative estimate of drug-likeness (QED) is 0.276. The number of aromatic nitrogens is 1. The standard InChI is InChI=1S/C29H25BNO3S/c1-28(2,32)29(3,4)34-30-22-14-8-12-20-19-11-7-13-21(25(19)35-26(20)22)27-31-24-18-10-6-5-9-17(18)15-16-23(24)33-27/h5-16,32H,1-4H3. The average molecular weight is 478 g/mol. The van der Waals surface area contributed by atoms with Gasteiger partial charge in [0.25, 0.3) is 0 Å². The van der Waals surface area contributed by atoms with Crippen molar-refractivity contribution in [2.24, 2.45) is 0 Å². The van der Waals surface area contributed by atoms with Gasteiger partial charge in [-0.1, -0.05) is 60.7 Å². The second-order valence-electron chi connectivity index (χ2n) is 9.97. The molecule has 4 nitrogen and oxygen atoms in total. The van der Waals surface area contributed by atoms with E-state index in [1.54, 1.807) is 32.7 Å². The Morgan fingerprint density at radius 3 is 2.34 bits per heavy atom. The van der Waals surface area contributed by atoms with Crippen LogP contribution in [0.3, 0.4) is 0 Å². The van der Waals surface area contributed by atoms with Crippen LogP contribution in [-0.4, -0.2) is 28.8 Å². The lowest BCUT2D eigenvalue weighted by Crippen LogP contribution is -2.49. The summed E-state index contributed by atoms with van der Waals surface area (Å²) in [5.74, 6) is 0.624. The molecule has 6 heteroatoms. The Bertz CT molecular complexity index is 1730. The molecule has 0 spiro atoms. The molecule has 0 unspecified atom stereocenters. The minimum absolute atomic E-state index is 0.624. The van der Waals surface area contributed by atoms with E-state index in [2.05, 4.69) is 42.5 Å². The molecule has 0 saturated carbocycles. The van der Waals surface area contributed by atoms with Crippen LogP contribution in [0.25, 0.3) is 53.5 Å². The molecule has 2 heterocycles. The smallest absolute Gasteiger partial charge is 0.332 e. The van der Waals surface area contributed by atoms with Crippen LogP contribution < -0.4 is 5.46 Å². The third-order valence-electron chi connectivity index (χ3n) is 7.02. The molecule has 0 amide bonds. The third kappa shape index (κ3) is 3.64. The Kier molecular flexibility index (Phi) is 5.04. The SMILES string of the molecule is CC(C)(O)C(C)(C)O[B]c1cccc2c1sc1c(-c3nc4c(ccc5ccccc54)o3)cccc12. The Labute approximate surface area is 208 Å². The zero-order valence-corrected chi connectivity index (χ0v) is 20.9. The van der Waals surface area contributed by atoms with Crippen LogP contribution in [0, 0.1) is 0 Å². The summed E-state index contributed by atoms with van der Waals surface area (Å²) < 4.78 is 14.6. The molecule has 1 radical (unpaired) electrons. The number of oxazole rings is 1. The van der Waals surface area contributed by atoms with Crippen LogP contribution >= 0.6 is 11.3 Å². The van der Waals surface area contributed by atoms with E-state index in [1.807, 2.05) is 44.2 Å². The molecule has 4 aromatic carbocycles. The Morgan fingerprint density at radius 2 is 1.54 bits per heavy atom. The fourth-order valence-corrected chi connectivity index (χ4v) is 5.51. The van der Waals surface area contributed by atoms with Crippen molar-refractivity contribution < 1.29 is 14.2 Å². The van der Waals surface area contributed by atoms with Gasteiger partial charge in [0.05, 0.1) is 16.8 Å². The first-order chi connectivity index (χ1) is 16.7. The van der Waals surface area contributed by atoms with Crippen LogP contribution in [0.2, 0.25) is 0 Å². The lowest BCUT2D eigenvalue weighted by atomic mass is 9.82. The molecular weight excluding hydrogens is 453 g/mol. The molecule has 0 fully saturated rings. The molecule has 0 atom stereocenters. The van der Waals surface area contributed by atoms with Gasteiger partial charge in [0, 0.05) is 20.2 Å². The first kappa shape index (κ1) is 22.3. The number of rotatable bonds is 5. The monoisotopic (exact) mass is 478 g/mol. The van der Waals surface area contributed by atoms with E-state index < -0.39 is 11.2 Å². The van der Waals surface area contributed by atoms with Gasteiger partial charge in [0.1, 0.15) is 5.52 Å². The van der Waals surface area contributed by atoms with Crippen molar-refractivity contribution in [1.82, 2.24) is 4.98 Å². The van der Waals surface area contributed by atoms with Gasteiger partial charge in [-0.05, 0) is 56.1 Å². The Morgan fingerprint density at radius 1 is 0.829 bits per heavy atom. The van der Waals surface area contributed by atoms with Gasteiger partial charge in [0.15, 0.2) is 5.58 Å². The van der Waals surface area contributed by atoms with Crippen LogP contribution in [0.15, 0.2) is 77.2 Å². The van der Waals surface area contributed by atoms with Crippen molar-refractivity contribution in [1.29, 1.82) is 0 Å². The number of hydrogen-bond acceptors (Lipinski definition) is 5. The lowest BCUT2D eigenvalue weighted by Gasteiger charge is -2.37. The average Bonchev–Trinajstić information content (AvgIpc) is 3.44. The molecule has 2 aromatic heterocycles. The maximum atomic E-state index is 10.5. The number of hydrogen-bond donors (Lipinski definition) is 1. The van der Waals surface area contributed by atoms with Gasteiger partial charge in [-0.15, -0.1) is 11.3 Å². The van der Waals surface area contributed by atoms with Gasteiger partial charge in [-0.3, -0.25) is 0 Å². The number of benzene rings is 4. The second kappa shape index (κ2) is 7.92. The maximum Gasteiger partial charge on any atom is 0.332 e. The third-order valence-corrected chi connectivity index (χ3v) is 8.33. The lowest BCUT2D eigenvalue weighted by molar-refractivity contribution is -0.0893. The van der Waals surface area contributed by atoms with E-state index in [9.17, 15) is 5.11 Å². The highest BCUT2D eigenvalue weighted by molar-refractivity contribution is 7.27. The highest BCUT2D eigenvalue weighted by Gasteiger charge is 2.36. The summed E-state index contributed by atoms with van der Waals surface area (Å²) in [6, 6.07) is 24.8. The normalized spacial score (nSPS) is 12.8. The van der Waals surface area contributed by atoms with Crippen LogP contribution in [-0.2, 0) is 4.65 Å². The van der Waals surface area contributed by atoms with Gasteiger partial charge < -0.3 is 14.2 Å². The molecule has 0 saturated heterocycles. The number of aliphatic hydroxyl groups is 1. The Balaban J connectivity index is 1.48. The van der Waals surface area contributed by atoms with E-state index in [0.717, 1.165) is 53.1 Å². The molecule has 6 rings (SSSR count). The summed E-state index contributed by atoms with van der Waals surface area (Å²) >= 11 is 1.71. The zero-order chi connectivity index (χ0) is 24.4. The van der Waals surface area contributed by atoms with Gasteiger partial charge in [0.2, 0.25) is 5.89 Å². The highest BCUT2D eigenvalue weighted by Crippen LogP contribution is 2.40. The molecule has 173 valence electrons. The van der Waals surface area contributed by atoms with Crippen molar-refractivity contribution >= 4 is 66.3 Å². The predicted molar refractivity (Wildman–Crippen MR) is 147 cm³/mol. The number of thiophene rings is 1. The molecule has 0 aliphatic heterocycles. The second-order valence-corrected chi connectivity index (χ2v) is 11.0. The first-order valence-electron chi connectivity index (χ1n) is 11.7. The predicted octanol–water partition coefficient (Wildman–Crippen LogP) is 6.83. The zero-order valence-electron chi connectivity index (χ0n) is 20.1. The summed E-state index contributed by atoms with van der Waals surface area (Å²) in [6.45, 7) is 7.31. The van der Waals surface area contributed by atoms with E-state index in [-0.39, 0.29) is 0 Å². The van der Waals surface area contributed by atoms with Crippen molar-refractivity contribution in [2.75, 3.05) is 0 Å². The Hall–Kier alpha value is -3.19. The van der Waals surface area contributed by atoms with E-state index in [4.69, 9.17) is 14.1 Å². The molecule has 6 aromatic rings. The van der Waals surface area contributed by atoms with E-state index in [1.165, 1.54) is 0 Å². The molecule has 0 aliphatic carbocycles. The largest absolute Gasteiger partial charge is 0.436 e. The minimum atomic E-state index is -0.984. The first-order valence-corrected chi connectivity index (χ1v) is 12.5. The van der Waals surface area contributed by atoms with Crippen molar-refractivity contribution in [3.63, 3.8) is 0 Å². The van der Waals surface area contributed by atoms with Crippen molar-refractivity contribution in [2.45, 2.75) is 38.9 Å². The number of nitrogens with zero attached hydrogens (tertiary/aromatic N) is 1. The molecule has 35 heavy (non-hydrogen) atoms. The fraction of sp³-hybridized carbons (Fsp3) is 0.207. The van der Waals surface area contributed by atoms with Gasteiger partial charge >= 0.3 is 7.48 Å². The van der Waals surface area contributed by atoms with Crippen LogP contribution in [0.4, 0.5) is 0 Å². The van der Waals surface area contributed by atoms with Crippen molar-refractivity contribution in [3.05, 3.63) is 72.8 Å². The van der Waals surface area contributed by atoms with Crippen molar-refractivity contribution in [3.8, 4) is 11.5 Å². The topological polar surface area (TPSA) is 55.5 Å². The summed E-state index contributed by atoms with van der Waals surface area (Å²) in [7, 11) is 1.76. The molecule has 0 aliphatic rings. The van der Waals surface area contributed by atoms with Crippen LogP contribution in [0.5, 0.6) is 0 Å². The van der Waals surface area contributed by atoms with Gasteiger partial charge in [-0.25, -0.2) is 4.98 Å². The summed E-state index contributed by atoms with van der Waals surface area (Å²) in [6.07, 6.45) is 0. The minimum Gasteiger partial charge on any atom is -0.436 e. The van der Waals surface area contributed by atoms with Crippen LogP contribution in [0.1, 0.15) is 27.7 Å².